The van der Waals surface area contributed by atoms with Crippen molar-refractivity contribution in [2.75, 3.05) is 11.9 Å². The van der Waals surface area contributed by atoms with E-state index in [1.165, 1.54) is 6.08 Å². The highest BCUT2D eigenvalue weighted by Crippen LogP contribution is 2.19. The summed E-state index contributed by atoms with van der Waals surface area (Å²) in [5.74, 6) is 0.450. The van der Waals surface area contributed by atoms with E-state index in [-0.39, 0.29) is 5.91 Å². The summed E-state index contributed by atoms with van der Waals surface area (Å²) in [7, 11) is 0. The maximum atomic E-state index is 12.5. The number of hydrogen-bond donors (Lipinski definition) is 1. The predicted octanol–water partition coefficient (Wildman–Crippen LogP) is 5.96. The first-order chi connectivity index (χ1) is 15.4. The van der Waals surface area contributed by atoms with Gasteiger partial charge in [0.2, 0.25) is 0 Å². The lowest BCUT2D eigenvalue weighted by atomic mass is 10.1. The molecule has 0 spiro atoms. The summed E-state index contributed by atoms with van der Waals surface area (Å²) in [5, 5.41) is 2.91. The van der Waals surface area contributed by atoms with Crippen molar-refractivity contribution in [1.29, 1.82) is 0 Å². The second-order valence-corrected chi connectivity index (χ2v) is 7.47. The van der Waals surface area contributed by atoms with Crippen LogP contribution < -0.4 is 14.8 Å². The fourth-order valence-electron chi connectivity index (χ4n) is 2.95. The number of aryl methyl sites for hydroxylation is 2. The molecule has 0 saturated heterocycles. The molecule has 5 heteroatoms. The van der Waals surface area contributed by atoms with E-state index in [0.717, 1.165) is 34.5 Å². The Morgan fingerprint density at radius 3 is 2.28 bits per heavy atom. The molecular weight excluding hydrogens is 402 g/mol. The summed E-state index contributed by atoms with van der Waals surface area (Å²) in [5.41, 5.74) is 4.18. The number of ether oxygens (including phenoxy) is 2. The minimum atomic E-state index is -0.496. The molecule has 0 unspecified atom stereocenters. The first kappa shape index (κ1) is 22.8. The number of benzene rings is 3. The van der Waals surface area contributed by atoms with Gasteiger partial charge in [0.05, 0.1) is 6.61 Å². The van der Waals surface area contributed by atoms with Gasteiger partial charge in [0, 0.05) is 17.3 Å². The van der Waals surface area contributed by atoms with Crippen LogP contribution in [0.5, 0.6) is 11.5 Å². The zero-order chi connectivity index (χ0) is 22.9. The molecule has 1 N–H and O–H groups in total. The lowest BCUT2D eigenvalue weighted by Gasteiger charge is -2.10. The standard InChI is InChI=1S/C27H27NO4/c1-4-17-31-23-12-7-21(8-13-23)9-16-26(29)32-24-14-10-22(11-15-24)27(30)28-25-18-19(2)5-6-20(25)3/h5-16,18H,4,17H2,1-3H3,(H,28,30)/b16-9+. The third-order valence-corrected chi connectivity index (χ3v) is 4.74. The van der Waals surface area contributed by atoms with Crippen LogP contribution in [0.15, 0.2) is 72.8 Å². The number of anilines is 1. The Kier molecular flexibility index (Phi) is 7.81. The molecule has 0 saturated carbocycles. The quantitative estimate of drug-likeness (QED) is 0.272. The largest absolute Gasteiger partial charge is 0.494 e. The third-order valence-electron chi connectivity index (χ3n) is 4.74. The number of rotatable bonds is 8. The van der Waals surface area contributed by atoms with E-state index in [0.29, 0.717) is 17.9 Å². The van der Waals surface area contributed by atoms with Gasteiger partial charge in [-0.25, -0.2) is 4.79 Å². The summed E-state index contributed by atoms with van der Waals surface area (Å²) in [6, 6.07) is 19.8. The Hall–Kier alpha value is -3.86. The first-order valence-corrected chi connectivity index (χ1v) is 10.6. The van der Waals surface area contributed by atoms with Crippen molar-refractivity contribution >= 4 is 23.6 Å². The van der Waals surface area contributed by atoms with Crippen LogP contribution >= 0.6 is 0 Å². The van der Waals surface area contributed by atoms with E-state index >= 15 is 0 Å². The van der Waals surface area contributed by atoms with Crippen molar-refractivity contribution in [2.45, 2.75) is 27.2 Å². The number of esters is 1. The van der Waals surface area contributed by atoms with Gasteiger partial charge in [-0.15, -0.1) is 0 Å². The summed E-state index contributed by atoms with van der Waals surface area (Å²) in [6.07, 6.45) is 3.99. The maximum absolute atomic E-state index is 12.5. The van der Waals surface area contributed by atoms with Crippen LogP contribution in [0.25, 0.3) is 6.08 Å². The lowest BCUT2D eigenvalue weighted by Crippen LogP contribution is -2.13. The zero-order valence-corrected chi connectivity index (χ0v) is 18.6. The fourth-order valence-corrected chi connectivity index (χ4v) is 2.95. The van der Waals surface area contributed by atoms with Gasteiger partial charge in [-0.3, -0.25) is 4.79 Å². The number of carbonyl (C=O) groups is 2. The van der Waals surface area contributed by atoms with Gasteiger partial charge in [-0.1, -0.05) is 31.2 Å². The smallest absolute Gasteiger partial charge is 0.336 e. The second-order valence-electron chi connectivity index (χ2n) is 7.47. The average molecular weight is 430 g/mol. The van der Waals surface area contributed by atoms with E-state index < -0.39 is 5.97 Å². The molecule has 164 valence electrons. The van der Waals surface area contributed by atoms with Gasteiger partial charge in [-0.2, -0.15) is 0 Å². The molecule has 0 aromatic heterocycles. The zero-order valence-electron chi connectivity index (χ0n) is 18.6. The molecule has 0 aliphatic heterocycles. The van der Waals surface area contributed by atoms with Crippen molar-refractivity contribution in [3.8, 4) is 11.5 Å². The minimum Gasteiger partial charge on any atom is -0.494 e. The molecule has 0 aliphatic rings. The molecule has 0 radical (unpaired) electrons. The Balaban J connectivity index is 1.55. The molecule has 1 amide bonds. The SMILES string of the molecule is CCCOc1ccc(/C=C/C(=O)Oc2ccc(C(=O)Nc3cc(C)ccc3C)cc2)cc1. The molecule has 0 bridgehead atoms. The molecule has 5 nitrogen and oxygen atoms in total. The van der Waals surface area contributed by atoms with E-state index in [2.05, 4.69) is 12.2 Å². The topological polar surface area (TPSA) is 64.6 Å². The van der Waals surface area contributed by atoms with Crippen LogP contribution in [0.1, 0.15) is 40.4 Å². The highest BCUT2D eigenvalue weighted by Gasteiger charge is 2.09. The summed E-state index contributed by atoms with van der Waals surface area (Å²) < 4.78 is 10.9. The van der Waals surface area contributed by atoms with Gasteiger partial charge in [0.1, 0.15) is 11.5 Å². The first-order valence-electron chi connectivity index (χ1n) is 10.6. The predicted molar refractivity (Wildman–Crippen MR) is 127 cm³/mol. The molecule has 0 heterocycles. The van der Waals surface area contributed by atoms with Crippen molar-refractivity contribution in [2.24, 2.45) is 0 Å². The molecule has 0 atom stereocenters. The van der Waals surface area contributed by atoms with Gasteiger partial charge < -0.3 is 14.8 Å². The molecule has 3 aromatic carbocycles. The van der Waals surface area contributed by atoms with Crippen molar-refractivity contribution in [1.82, 2.24) is 0 Å². The fraction of sp³-hybridized carbons (Fsp3) is 0.185. The van der Waals surface area contributed by atoms with Gasteiger partial charge in [-0.05, 0) is 85.5 Å². The number of carbonyl (C=O) groups excluding carboxylic acids is 2. The highest BCUT2D eigenvalue weighted by atomic mass is 16.5. The molecule has 0 fully saturated rings. The van der Waals surface area contributed by atoms with Gasteiger partial charge in [0.25, 0.3) is 5.91 Å². The Morgan fingerprint density at radius 1 is 0.906 bits per heavy atom. The Labute approximate surface area is 188 Å². The maximum Gasteiger partial charge on any atom is 0.336 e. The minimum absolute atomic E-state index is 0.220. The lowest BCUT2D eigenvalue weighted by molar-refractivity contribution is -0.128. The number of hydrogen-bond acceptors (Lipinski definition) is 4. The van der Waals surface area contributed by atoms with E-state index in [1.807, 2.05) is 56.3 Å². The molecule has 3 rings (SSSR count). The van der Waals surface area contributed by atoms with Gasteiger partial charge >= 0.3 is 5.97 Å². The Bertz CT molecular complexity index is 1100. The third kappa shape index (κ3) is 6.57. The highest BCUT2D eigenvalue weighted by molar-refractivity contribution is 6.04. The van der Waals surface area contributed by atoms with E-state index in [4.69, 9.17) is 9.47 Å². The van der Waals surface area contributed by atoms with E-state index in [9.17, 15) is 9.59 Å². The van der Waals surface area contributed by atoms with Crippen LogP contribution in [-0.2, 0) is 4.79 Å². The van der Waals surface area contributed by atoms with Crippen LogP contribution in [0.4, 0.5) is 5.69 Å². The second kappa shape index (κ2) is 11.0. The van der Waals surface area contributed by atoms with Crippen LogP contribution in [-0.4, -0.2) is 18.5 Å². The summed E-state index contributed by atoms with van der Waals surface area (Å²) in [6.45, 7) is 6.65. The number of nitrogens with one attached hydrogen (secondary N) is 1. The summed E-state index contributed by atoms with van der Waals surface area (Å²) >= 11 is 0. The van der Waals surface area contributed by atoms with Crippen LogP contribution in [0, 0.1) is 13.8 Å². The molecular formula is C27H27NO4. The van der Waals surface area contributed by atoms with E-state index in [1.54, 1.807) is 30.3 Å². The van der Waals surface area contributed by atoms with Crippen molar-refractivity contribution in [3.05, 3.63) is 95.1 Å². The Morgan fingerprint density at radius 2 is 1.59 bits per heavy atom. The molecule has 32 heavy (non-hydrogen) atoms. The van der Waals surface area contributed by atoms with Crippen molar-refractivity contribution < 1.29 is 19.1 Å². The van der Waals surface area contributed by atoms with Crippen LogP contribution in [0.3, 0.4) is 0 Å². The normalized spacial score (nSPS) is 10.7. The van der Waals surface area contributed by atoms with Crippen molar-refractivity contribution in [3.63, 3.8) is 0 Å². The molecule has 0 aliphatic carbocycles. The summed E-state index contributed by atoms with van der Waals surface area (Å²) in [4.78, 5) is 24.6. The van der Waals surface area contributed by atoms with Crippen LogP contribution in [0.2, 0.25) is 0 Å². The van der Waals surface area contributed by atoms with Gasteiger partial charge in [0.15, 0.2) is 0 Å². The molecule has 3 aromatic rings. The number of amides is 1. The monoisotopic (exact) mass is 429 g/mol. The average Bonchev–Trinajstić information content (AvgIpc) is 2.80.